The second kappa shape index (κ2) is 8.73. The maximum atomic E-state index is 12.7. The summed E-state index contributed by atoms with van der Waals surface area (Å²) >= 11 is 0. The van der Waals surface area contributed by atoms with Crippen LogP contribution in [0.15, 0.2) is 36.4 Å². The molecule has 2 rings (SSSR count). The lowest BCUT2D eigenvalue weighted by atomic mass is 9.98. The van der Waals surface area contributed by atoms with Gasteiger partial charge in [0.15, 0.2) is 0 Å². The monoisotopic (exact) mass is 396 g/mol. The first kappa shape index (κ1) is 21.2. The minimum Gasteiger partial charge on any atom is -0.496 e. The van der Waals surface area contributed by atoms with Crippen molar-refractivity contribution in [1.82, 2.24) is 10.3 Å². The number of aryl methyl sites for hydroxylation is 1. The molecule has 1 atom stereocenters. The molecule has 0 bridgehead atoms. The van der Waals surface area contributed by atoms with Gasteiger partial charge in [0.05, 0.1) is 24.3 Å². The van der Waals surface area contributed by atoms with Crippen LogP contribution in [0.3, 0.4) is 0 Å². The normalized spacial score (nSPS) is 12.3. The lowest BCUT2D eigenvalue weighted by Crippen LogP contribution is -2.34. The number of methoxy groups -OCH3 is 1. The van der Waals surface area contributed by atoms with E-state index in [1.54, 1.807) is 24.3 Å². The SMILES string of the molecule is COc1ccccc1CC(CNC(=O)c1ccc(C(F)(F)F)nc1C)C(=O)O. The number of aliphatic carboxylic acids is 1. The number of carbonyl (C=O) groups is 2. The number of aromatic nitrogens is 1. The zero-order valence-corrected chi connectivity index (χ0v) is 15.2. The molecule has 28 heavy (non-hydrogen) atoms. The Bertz CT molecular complexity index is 868. The van der Waals surface area contributed by atoms with Crippen LogP contribution in [0.2, 0.25) is 0 Å². The molecule has 1 unspecified atom stereocenters. The van der Waals surface area contributed by atoms with Crippen molar-refractivity contribution in [2.75, 3.05) is 13.7 Å². The molecule has 150 valence electrons. The molecular weight excluding hydrogens is 377 g/mol. The smallest absolute Gasteiger partial charge is 0.433 e. The van der Waals surface area contributed by atoms with Gasteiger partial charge in [-0.25, -0.2) is 4.98 Å². The Labute approximate surface area is 159 Å². The van der Waals surface area contributed by atoms with Gasteiger partial charge in [-0.05, 0) is 37.1 Å². The minimum absolute atomic E-state index is 0.0468. The first-order chi connectivity index (χ1) is 13.1. The molecule has 0 radical (unpaired) electrons. The Hall–Kier alpha value is -3.10. The van der Waals surface area contributed by atoms with Crippen LogP contribution in [-0.4, -0.2) is 35.6 Å². The Kier molecular flexibility index (Phi) is 6.61. The molecule has 2 N–H and O–H groups in total. The van der Waals surface area contributed by atoms with E-state index in [2.05, 4.69) is 10.3 Å². The van der Waals surface area contributed by atoms with Crippen LogP contribution in [-0.2, 0) is 17.4 Å². The molecule has 6 nitrogen and oxygen atoms in total. The predicted octanol–water partition coefficient (Wildman–Crippen LogP) is 3.09. The fraction of sp³-hybridized carbons (Fsp3) is 0.316. The third-order valence-electron chi connectivity index (χ3n) is 4.14. The standard InChI is InChI=1S/C19H19F3N2O4/c1-11-14(7-8-16(24-11)19(20,21)22)17(25)23-10-13(18(26)27)9-12-5-3-4-6-15(12)28-2/h3-8,13H,9-10H2,1-2H3,(H,23,25)(H,26,27). The first-order valence-electron chi connectivity index (χ1n) is 8.31. The molecule has 1 aromatic carbocycles. The maximum Gasteiger partial charge on any atom is 0.433 e. The van der Waals surface area contributed by atoms with Crippen molar-refractivity contribution < 1.29 is 32.6 Å². The molecule has 9 heteroatoms. The van der Waals surface area contributed by atoms with E-state index < -0.39 is 29.7 Å². The molecule has 1 aromatic heterocycles. The highest BCUT2D eigenvalue weighted by molar-refractivity contribution is 5.95. The van der Waals surface area contributed by atoms with Crippen molar-refractivity contribution in [3.63, 3.8) is 0 Å². The largest absolute Gasteiger partial charge is 0.496 e. The highest BCUT2D eigenvalue weighted by Crippen LogP contribution is 2.28. The van der Waals surface area contributed by atoms with Gasteiger partial charge in [0, 0.05) is 6.54 Å². The second-order valence-corrected chi connectivity index (χ2v) is 6.09. The second-order valence-electron chi connectivity index (χ2n) is 6.09. The minimum atomic E-state index is -4.61. The Balaban J connectivity index is 2.09. The topological polar surface area (TPSA) is 88.5 Å². The number of nitrogens with zero attached hydrogens (tertiary/aromatic N) is 1. The van der Waals surface area contributed by atoms with E-state index in [1.165, 1.54) is 14.0 Å². The van der Waals surface area contributed by atoms with Crippen LogP contribution in [0, 0.1) is 12.8 Å². The fourth-order valence-electron chi connectivity index (χ4n) is 2.65. The van der Waals surface area contributed by atoms with E-state index in [0.29, 0.717) is 17.4 Å². The molecular formula is C19H19F3N2O4. The van der Waals surface area contributed by atoms with Crippen LogP contribution >= 0.6 is 0 Å². The van der Waals surface area contributed by atoms with Crippen LogP contribution in [0.4, 0.5) is 13.2 Å². The molecule has 0 aliphatic rings. The predicted molar refractivity (Wildman–Crippen MR) is 94.1 cm³/mol. The number of rotatable bonds is 7. The number of para-hydroxylation sites is 1. The summed E-state index contributed by atoms with van der Waals surface area (Å²) in [7, 11) is 1.47. The van der Waals surface area contributed by atoms with Gasteiger partial charge < -0.3 is 15.2 Å². The number of ether oxygens (including phenoxy) is 1. The van der Waals surface area contributed by atoms with Gasteiger partial charge in [-0.1, -0.05) is 18.2 Å². The number of carboxylic acid groups (broad SMARTS) is 1. The first-order valence-corrected chi connectivity index (χ1v) is 8.31. The van der Waals surface area contributed by atoms with Gasteiger partial charge in [0.2, 0.25) is 0 Å². The highest BCUT2D eigenvalue weighted by Gasteiger charge is 2.33. The molecule has 1 amide bonds. The molecule has 1 heterocycles. The van der Waals surface area contributed by atoms with Gasteiger partial charge in [0.25, 0.3) is 5.91 Å². The average molecular weight is 396 g/mol. The van der Waals surface area contributed by atoms with Crippen LogP contribution in [0.5, 0.6) is 5.75 Å². The quantitative estimate of drug-likeness (QED) is 0.751. The summed E-state index contributed by atoms with van der Waals surface area (Å²) < 4.78 is 43.2. The summed E-state index contributed by atoms with van der Waals surface area (Å²) in [5, 5.41) is 11.9. The summed E-state index contributed by atoms with van der Waals surface area (Å²) in [4.78, 5) is 27.2. The van der Waals surface area contributed by atoms with Crippen molar-refractivity contribution in [2.45, 2.75) is 19.5 Å². The van der Waals surface area contributed by atoms with Crippen LogP contribution in [0.25, 0.3) is 0 Å². The number of halogens is 3. The number of carboxylic acids is 1. The third kappa shape index (κ3) is 5.21. The van der Waals surface area contributed by atoms with E-state index in [1.807, 2.05) is 0 Å². The average Bonchev–Trinajstić information content (AvgIpc) is 2.64. The van der Waals surface area contributed by atoms with E-state index in [0.717, 1.165) is 6.07 Å². The fourth-order valence-corrected chi connectivity index (χ4v) is 2.65. The Morgan fingerprint density at radius 3 is 2.46 bits per heavy atom. The summed E-state index contributed by atoms with van der Waals surface area (Å²) in [5.74, 6) is -2.22. The number of nitrogens with one attached hydrogen (secondary N) is 1. The van der Waals surface area contributed by atoms with Crippen molar-refractivity contribution in [3.05, 3.63) is 58.9 Å². The molecule has 0 aliphatic heterocycles. The number of pyridine rings is 1. The number of hydrogen-bond acceptors (Lipinski definition) is 4. The van der Waals surface area contributed by atoms with Crippen LogP contribution < -0.4 is 10.1 Å². The van der Waals surface area contributed by atoms with E-state index in [-0.39, 0.29) is 24.2 Å². The number of benzene rings is 1. The molecule has 2 aromatic rings. The maximum absolute atomic E-state index is 12.7. The van der Waals surface area contributed by atoms with Gasteiger partial charge in [-0.3, -0.25) is 9.59 Å². The number of carbonyl (C=O) groups excluding carboxylic acids is 1. The van der Waals surface area contributed by atoms with Crippen molar-refractivity contribution in [3.8, 4) is 5.75 Å². The van der Waals surface area contributed by atoms with Crippen molar-refractivity contribution in [2.24, 2.45) is 5.92 Å². The number of amides is 1. The van der Waals surface area contributed by atoms with E-state index in [4.69, 9.17) is 4.74 Å². The zero-order chi connectivity index (χ0) is 20.9. The van der Waals surface area contributed by atoms with Crippen LogP contribution in [0.1, 0.15) is 27.3 Å². The van der Waals surface area contributed by atoms with E-state index in [9.17, 15) is 27.9 Å². The number of alkyl halides is 3. The Morgan fingerprint density at radius 1 is 1.21 bits per heavy atom. The summed E-state index contributed by atoms with van der Waals surface area (Å²) in [5.41, 5.74) is -0.571. The zero-order valence-electron chi connectivity index (χ0n) is 15.2. The summed E-state index contributed by atoms with van der Waals surface area (Å²) in [6.45, 7) is 1.08. The van der Waals surface area contributed by atoms with Gasteiger partial charge in [-0.2, -0.15) is 13.2 Å². The third-order valence-corrected chi connectivity index (χ3v) is 4.14. The van der Waals surface area contributed by atoms with Gasteiger partial charge in [-0.15, -0.1) is 0 Å². The molecule has 0 aliphatic carbocycles. The van der Waals surface area contributed by atoms with Crippen molar-refractivity contribution >= 4 is 11.9 Å². The summed E-state index contributed by atoms with van der Waals surface area (Å²) in [6, 6.07) is 8.65. The van der Waals surface area contributed by atoms with Gasteiger partial charge >= 0.3 is 12.1 Å². The van der Waals surface area contributed by atoms with E-state index >= 15 is 0 Å². The Morgan fingerprint density at radius 2 is 1.89 bits per heavy atom. The molecule has 0 saturated heterocycles. The lowest BCUT2D eigenvalue weighted by molar-refractivity contribution is -0.142. The highest BCUT2D eigenvalue weighted by atomic mass is 19.4. The molecule has 0 saturated carbocycles. The summed E-state index contributed by atoms with van der Waals surface area (Å²) in [6.07, 6.45) is -4.49. The van der Waals surface area contributed by atoms with Crippen molar-refractivity contribution in [1.29, 1.82) is 0 Å². The molecule has 0 spiro atoms. The molecule has 0 fully saturated rings. The lowest BCUT2D eigenvalue weighted by Gasteiger charge is -2.16. The number of hydrogen-bond donors (Lipinski definition) is 2. The van der Waals surface area contributed by atoms with Gasteiger partial charge in [0.1, 0.15) is 11.4 Å².